The topological polar surface area (TPSA) is 84.1 Å². The van der Waals surface area contributed by atoms with Crippen molar-refractivity contribution in [2.45, 2.75) is 26.2 Å². The summed E-state index contributed by atoms with van der Waals surface area (Å²) in [6.45, 7) is 2.38. The van der Waals surface area contributed by atoms with Crippen molar-refractivity contribution in [3.05, 3.63) is 59.4 Å². The van der Waals surface area contributed by atoms with Gasteiger partial charge in [0.25, 0.3) is 12.3 Å². The third kappa shape index (κ3) is 4.51. The predicted molar refractivity (Wildman–Crippen MR) is 101 cm³/mol. The van der Waals surface area contributed by atoms with Crippen molar-refractivity contribution < 1.29 is 23.1 Å². The van der Waals surface area contributed by atoms with Gasteiger partial charge in [-0.25, -0.2) is 18.6 Å². The number of esters is 1. The molecule has 0 aliphatic carbocycles. The fraction of sp³-hybridized carbons (Fsp3) is 0.250. The zero-order valence-corrected chi connectivity index (χ0v) is 15.2. The lowest BCUT2D eigenvalue weighted by atomic mass is 10.1. The van der Waals surface area contributed by atoms with E-state index in [1.807, 2.05) is 6.92 Å². The second-order valence-corrected chi connectivity index (χ2v) is 6.18. The van der Waals surface area contributed by atoms with Crippen LogP contribution < -0.4 is 5.32 Å². The van der Waals surface area contributed by atoms with Gasteiger partial charge in [-0.05, 0) is 48.9 Å². The number of nitrogens with zero attached hydrogens (tertiary/aromatic N) is 1. The number of aromatic amines is 1. The molecular formula is C20H19F2N3O3. The first kappa shape index (κ1) is 19.5. The predicted octanol–water partition coefficient (Wildman–Crippen LogP) is 4.71. The molecule has 3 rings (SSSR count). The maximum absolute atomic E-state index is 12.7. The Balaban J connectivity index is 1.67. The average molecular weight is 387 g/mol. The van der Waals surface area contributed by atoms with E-state index >= 15 is 0 Å². The number of benzene rings is 2. The SMILES string of the molecule is CCCCOC(=O)c1ccc(NC(=O)c2ccc3nc(C(F)F)[nH]c3c2)cc1. The van der Waals surface area contributed by atoms with Gasteiger partial charge in [0.2, 0.25) is 0 Å². The van der Waals surface area contributed by atoms with E-state index in [1.54, 1.807) is 24.3 Å². The van der Waals surface area contributed by atoms with Crippen LogP contribution in [0.3, 0.4) is 0 Å². The van der Waals surface area contributed by atoms with E-state index in [0.29, 0.717) is 34.5 Å². The van der Waals surface area contributed by atoms with Crippen molar-refractivity contribution in [2.24, 2.45) is 0 Å². The summed E-state index contributed by atoms with van der Waals surface area (Å²) in [4.78, 5) is 30.6. The summed E-state index contributed by atoms with van der Waals surface area (Å²) in [5.74, 6) is -1.26. The molecule has 0 aliphatic rings. The number of halogens is 2. The number of amides is 1. The monoisotopic (exact) mass is 387 g/mol. The molecule has 3 aromatic rings. The number of imidazole rings is 1. The number of aromatic nitrogens is 2. The van der Waals surface area contributed by atoms with Crippen molar-refractivity contribution in [3.63, 3.8) is 0 Å². The van der Waals surface area contributed by atoms with Crippen LogP contribution in [-0.4, -0.2) is 28.5 Å². The van der Waals surface area contributed by atoms with Crippen LogP contribution >= 0.6 is 0 Å². The molecule has 0 saturated carbocycles. The van der Waals surface area contributed by atoms with Crippen LogP contribution in [0.25, 0.3) is 11.0 Å². The van der Waals surface area contributed by atoms with Crippen LogP contribution in [-0.2, 0) is 4.74 Å². The molecule has 0 bridgehead atoms. The van der Waals surface area contributed by atoms with E-state index in [4.69, 9.17) is 4.74 Å². The first-order valence-corrected chi connectivity index (χ1v) is 8.84. The summed E-state index contributed by atoms with van der Waals surface area (Å²) in [7, 11) is 0. The van der Waals surface area contributed by atoms with Crippen LogP contribution in [0.1, 0.15) is 52.7 Å². The highest BCUT2D eigenvalue weighted by molar-refractivity contribution is 6.06. The fourth-order valence-electron chi connectivity index (χ4n) is 2.56. The molecule has 8 heteroatoms. The zero-order chi connectivity index (χ0) is 20.1. The number of rotatable bonds is 7. The minimum Gasteiger partial charge on any atom is -0.462 e. The van der Waals surface area contributed by atoms with Crippen LogP contribution in [0.2, 0.25) is 0 Å². The lowest BCUT2D eigenvalue weighted by Crippen LogP contribution is -2.12. The number of unbranched alkanes of at least 4 members (excludes halogenated alkanes) is 1. The fourth-order valence-corrected chi connectivity index (χ4v) is 2.56. The number of ether oxygens (including phenoxy) is 1. The van der Waals surface area contributed by atoms with E-state index < -0.39 is 24.1 Å². The number of fused-ring (bicyclic) bond motifs is 1. The molecule has 2 aromatic carbocycles. The van der Waals surface area contributed by atoms with E-state index in [1.165, 1.54) is 18.2 Å². The Kier molecular flexibility index (Phi) is 5.98. The molecule has 6 nitrogen and oxygen atoms in total. The van der Waals surface area contributed by atoms with Crippen LogP contribution in [0.15, 0.2) is 42.5 Å². The highest BCUT2D eigenvalue weighted by Crippen LogP contribution is 2.21. The first-order chi connectivity index (χ1) is 13.5. The lowest BCUT2D eigenvalue weighted by molar-refractivity contribution is 0.0499. The number of hydrogen-bond donors (Lipinski definition) is 2. The van der Waals surface area contributed by atoms with Gasteiger partial charge >= 0.3 is 5.97 Å². The van der Waals surface area contributed by atoms with Gasteiger partial charge in [-0.3, -0.25) is 4.79 Å². The molecule has 28 heavy (non-hydrogen) atoms. The molecule has 0 unspecified atom stereocenters. The van der Waals surface area contributed by atoms with E-state index in [2.05, 4.69) is 15.3 Å². The minimum atomic E-state index is -2.71. The van der Waals surface area contributed by atoms with Gasteiger partial charge in [-0.15, -0.1) is 0 Å². The Bertz CT molecular complexity index is 984. The number of anilines is 1. The molecule has 0 aliphatic heterocycles. The Morgan fingerprint density at radius 1 is 1.14 bits per heavy atom. The van der Waals surface area contributed by atoms with Crippen LogP contribution in [0.5, 0.6) is 0 Å². The number of carbonyl (C=O) groups excluding carboxylic acids is 2. The highest BCUT2D eigenvalue weighted by Gasteiger charge is 2.14. The molecule has 1 amide bonds. The number of H-pyrrole nitrogens is 1. The third-order valence-electron chi connectivity index (χ3n) is 4.08. The smallest absolute Gasteiger partial charge is 0.338 e. The van der Waals surface area contributed by atoms with Crippen LogP contribution in [0, 0.1) is 0 Å². The summed E-state index contributed by atoms with van der Waals surface area (Å²) < 4.78 is 30.6. The summed E-state index contributed by atoms with van der Waals surface area (Å²) in [6.07, 6.45) is -0.970. The Morgan fingerprint density at radius 3 is 2.54 bits per heavy atom. The highest BCUT2D eigenvalue weighted by atomic mass is 19.3. The first-order valence-electron chi connectivity index (χ1n) is 8.84. The maximum Gasteiger partial charge on any atom is 0.338 e. The van der Waals surface area contributed by atoms with Gasteiger partial charge in [0.1, 0.15) is 0 Å². The van der Waals surface area contributed by atoms with Gasteiger partial charge in [0.15, 0.2) is 5.82 Å². The Hall–Kier alpha value is -3.29. The molecular weight excluding hydrogens is 368 g/mol. The second kappa shape index (κ2) is 8.60. The molecule has 0 atom stereocenters. The van der Waals surface area contributed by atoms with Gasteiger partial charge in [0.05, 0.1) is 23.2 Å². The molecule has 146 valence electrons. The normalized spacial score (nSPS) is 11.0. The minimum absolute atomic E-state index is 0.292. The Labute approximate surface area is 159 Å². The van der Waals surface area contributed by atoms with Gasteiger partial charge in [-0.1, -0.05) is 13.3 Å². The summed E-state index contributed by atoms with van der Waals surface area (Å²) in [5.41, 5.74) is 1.89. The largest absolute Gasteiger partial charge is 0.462 e. The molecule has 1 aromatic heterocycles. The van der Waals surface area contributed by atoms with Gasteiger partial charge < -0.3 is 15.0 Å². The standard InChI is InChI=1S/C20H19F2N3O3/c1-2-3-10-28-20(27)12-4-7-14(8-5-12)23-19(26)13-6-9-15-16(11-13)25-18(24-15)17(21)22/h4-9,11,17H,2-3,10H2,1H3,(H,23,26)(H,24,25). The van der Waals surface area contributed by atoms with Crippen LogP contribution in [0.4, 0.5) is 14.5 Å². The van der Waals surface area contributed by atoms with E-state index in [0.717, 1.165) is 12.8 Å². The van der Waals surface area contributed by atoms with Crippen molar-refractivity contribution in [1.82, 2.24) is 9.97 Å². The lowest BCUT2D eigenvalue weighted by Gasteiger charge is -2.07. The number of alkyl halides is 2. The average Bonchev–Trinajstić information content (AvgIpc) is 3.12. The third-order valence-corrected chi connectivity index (χ3v) is 4.08. The molecule has 1 heterocycles. The zero-order valence-electron chi connectivity index (χ0n) is 15.2. The Morgan fingerprint density at radius 2 is 1.86 bits per heavy atom. The van der Waals surface area contributed by atoms with Gasteiger partial charge in [-0.2, -0.15) is 0 Å². The molecule has 0 saturated heterocycles. The summed E-state index contributed by atoms with van der Waals surface area (Å²) in [6, 6.07) is 10.8. The number of carbonyl (C=O) groups is 2. The van der Waals surface area contributed by atoms with Crippen molar-refractivity contribution in [3.8, 4) is 0 Å². The summed E-state index contributed by atoms with van der Waals surface area (Å²) >= 11 is 0. The van der Waals surface area contributed by atoms with E-state index in [9.17, 15) is 18.4 Å². The summed E-state index contributed by atoms with van der Waals surface area (Å²) in [5, 5.41) is 2.70. The second-order valence-electron chi connectivity index (χ2n) is 6.18. The number of nitrogens with one attached hydrogen (secondary N) is 2. The quantitative estimate of drug-likeness (QED) is 0.454. The molecule has 0 spiro atoms. The number of hydrogen-bond acceptors (Lipinski definition) is 4. The van der Waals surface area contributed by atoms with Crippen molar-refractivity contribution in [1.29, 1.82) is 0 Å². The molecule has 0 fully saturated rings. The molecule has 2 N–H and O–H groups in total. The van der Waals surface area contributed by atoms with E-state index in [-0.39, 0.29) is 0 Å². The molecule has 0 radical (unpaired) electrons. The van der Waals surface area contributed by atoms with Crippen molar-refractivity contribution >= 4 is 28.6 Å². The van der Waals surface area contributed by atoms with Gasteiger partial charge in [0, 0.05) is 11.3 Å². The maximum atomic E-state index is 12.7. The van der Waals surface area contributed by atoms with Crippen molar-refractivity contribution in [2.75, 3.05) is 11.9 Å².